The minimum absolute atomic E-state index is 0.226. The van der Waals surface area contributed by atoms with E-state index < -0.39 is 0 Å². The van der Waals surface area contributed by atoms with Crippen molar-refractivity contribution in [2.75, 3.05) is 12.0 Å². The third-order valence-corrected chi connectivity index (χ3v) is 4.60. The fourth-order valence-electron chi connectivity index (χ4n) is 2.76. The van der Waals surface area contributed by atoms with Gasteiger partial charge in [-0.05, 0) is 30.8 Å². The molecule has 2 aromatic rings. The molecule has 1 aliphatic heterocycles. The molecular formula is C13H18N6OS. The summed E-state index contributed by atoms with van der Waals surface area (Å²) in [4.78, 5) is 23.5. The normalized spacial score (nSPS) is 19.8. The highest BCUT2D eigenvalue weighted by atomic mass is 32.1. The lowest BCUT2D eigenvalue weighted by Crippen LogP contribution is -2.47. The molecular weight excluding hydrogens is 288 g/mol. The summed E-state index contributed by atoms with van der Waals surface area (Å²) in [6, 6.07) is 1.71. The van der Waals surface area contributed by atoms with Gasteiger partial charge in [0, 0.05) is 0 Å². The van der Waals surface area contributed by atoms with E-state index in [1.54, 1.807) is 11.3 Å². The Morgan fingerprint density at radius 3 is 3.10 bits per heavy atom. The quantitative estimate of drug-likeness (QED) is 0.570. The zero-order chi connectivity index (χ0) is 14.8. The SMILES string of the molecule is NNc1nc(CN2CCCCC2C(N)=O)nc2sccc12. The molecule has 112 valence electrons. The van der Waals surface area contributed by atoms with Crippen molar-refractivity contribution >= 4 is 33.3 Å². The van der Waals surface area contributed by atoms with Crippen molar-refractivity contribution < 1.29 is 4.79 Å². The van der Waals surface area contributed by atoms with E-state index in [4.69, 9.17) is 11.6 Å². The van der Waals surface area contributed by atoms with E-state index in [2.05, 4.69) is 20.3 Å². The van der Waals surface area contributed by atoms with Crippen LogP contribution in [0, 0.1) is 0 Å². The number of thiophene rings is 1. The Morgan fingerprint density at radius 1 is 1.48 bits per heavy atom. The van der Waals surface area contributed by atoms with Gasteiger partial charge in [-0.15, -0.1) is 11.3 Å². The van der Waals surface area contributed by atoms with Gasteiger partial charge in [-0.25, -0.2) is 15.8 Å². The smallest absolute Gasteiger partial charge is 0.234 e. The second kappa shape index (κ2) is 5.92. The Balaban J connectivity index is 1.88. The van der Waals surface area contributed by atoms with Crippen molar-refractivity contribution in [3.05, 3.63) is 17.3 Å². The number of hydrogen-bond donors (Lipinski definition) is 3. The maximum atomic E-state index is 11.6. The molecule has 1 unspecified atom stereocenters. The molecule has 0 radical (unpaired) electrons. The molecule has 0 saturated carbocycles. The number of likely N-dealkylation sites (tertiary alicyclic amines) is 1. The van der Waals surface area contributed by atoms with E-state index >= 15 is 0 Å². The van der Waals surface area contributed by atoms with Crippen LogP contribution in [0.1, 0.15) is 25.1 Å². The zero-order valence-corrected chi connectivity index (χ0v) is 12.4. The summed E-state index contributed by atoms with van der Waals surface area (Å²) in [5, 5.41) is 2.87. The summed E-state index contributed by atoms with van der Waals surface area (Å²) in [6.45, 7) is 1.35. The van der Waals surface area contributed by atoms with Crippen molar-refractivity contribution in [3.63, 3.8) is 0 Å². The Labute approximate surface area is 126 Å². The number of aromatic nitrogens is 2. The van der Waals surface area contributed by atoms with Crippen LogP contribution in [0.3, 0.4) is 0 Å². The maximum Gasteiger partial charge on any atom is 0.234 e. The van der Waals surface area contributed by atoms with Gasteiger partial charge in [0.2, 0.25) is 5.91 Å². The predicted octanol–water partition coefficient (Wildman–Crippen LogP) is 0.817. The molecule has 0 bridgehead atoms. The minimum atomic E-state index is -0.274. The molecule has 7 nitrogen and oxygen atoms in total. The zero-order valence-electron chi connectivity index (χ0n) is 11.6. The topological polar surface area (TPSA) is 110 Å². The molecule has 3 rings (SSSR count). The van der Waals surface area contributed by atoms with E-state index in [9.17, 15) is 4.79 Å². The molecule has 1 aliphatic rings. The number of nitrogens with two attached hydrogens (primary N) is 2. The lowest BCUT2D eigenvalue weighted by atomic mass is 10.0. The number of hydrazine groups is 1. The molecule has 1 fully saturated rings. The number of primary amides is 1. The number of hydrogen-bond acceptors (Lipinski definition) is 7. The van der Waals surface area contributed by atoms with Crippen molar-refractivity contribution in [3.8, 4) is 0 Å². The Kier molecular flexibility index (Phi) is 4.00. The van der Waals surface area contributed by atoms with Crippen molar-refractivity contribution in [2.24, 2.45) is 11.6 Å². The highest BCUT2D eigenvalue weighted by Gasteiger charge is 2.27. The van der Waals surface area contributed by atoms with Gasteiger partial charge in [0.05, 0.1) is 18.0 Å². The van der Waals surface area contributed by atoms with Crippen LogP contribution in [0.2, 0.25) is 0 Å². The summed E-state index contributed by atoms with van der Waals surface area (Å²) in [5.41, 5.74) is 8.10. The minimum Gasteiger partial charge on any atom is -0.368 e. The van der Waals surface area contributed by atoms with Gasteiger partial charge in [0.25, 0.3) is 0 Å². The number of fused-ring (bicyclic) bond motifs is 1. The fourth-order valence-corrected chi connectivity index (χ4v) is 3.55. The van der Waals surface area contributed by atoms with E-state index in [0.717, 1.165) is 36.0 Å². The summed E-state index contributed by atoms with van der Waals surface area (Å²) in [7, 11) is 0. The van der Waals surface area contributed by atoms with E-state index in [-0.39, 0.29) is 11.9 Å². The average molecular weight is 306 g/mol. The molecule has 1 saturated heterocycles. The molecule has 8 heteroatoms. The van der Waals surface area contributed by atoms with Crippen LogP contribution in [0.4, 0.5) is 5.82 Å². The molecule has 0 aromatic carbocycles. The van der Waals surface area contributed by atoms with Crippen molar-refractivity contribution in [1.29, 1.82) is 0 Å². The third-order valence-electron chi connectivity index (χ3n) is 3.79. The Hall–Kier alpha value is -1.77. The van der Waals surface area contributed by atoms with Gasteiger partial charge in [-0.3, -0.25) is 9.69 Å². The van der Waals surface area contributed by atoms with Crippen LogP contribution in [0.25, 0.3) is 10.2 Å². The Bertz CT molecular complexity index is 657. The largest absolute Gasteiger partial charge is 0.368 e. The Morgan fingerprint density at radius 2 is 2.33 bits per heavy atom. The number of nitrogens with zero attached hydrogens (tertiary/aromatic N) is 3. The molecule has 0 aliphatic carbocycles. The van der Waals surface area contributed by atoms with Gasteiger partial charge in [0.1, 0.15) is 10.7 Å². The van der Waals surface area contributed by atoms with Gasteiger partial charge in [-0.1, -0.05) is 6.42 Å². The van der Waals surface area contributed by atoms with Crippen LogP contribution in [0.5, 0.6) is 0 Å². The number of nitrogen functional groups attached to an aromatic ring is 1. The first-order valence-corrected chi connectivity index (χ1v) is 7.81. The summed E-state index contributed by atoms with van der Waals surface area (Å²) in [5.74, 6) is 6.53. The number of amides is 1. The molecule has 1 amide bonds. The lowest BCUT2D eigenvalue weighted by Gasteiger charge is -2.32. The van der Waals surface area contributed by atoms with Crippen LogP contribution in [-0.4, -0.2) is 33.4 Å². The van der Waals surface area contributed by atoms with Crippen LogP contribution < -0.4 is 17.0 Å². The van der Waals surface area contributed by atoms with Gasteiger partial charge in [-0.2, -0.15) is 0 Å². The van der Waals surface area contributed by atoms with Crippen LogP contribution in [0.15, 0.2) is 11.4 Å². The molecule has 21 heavy (non-hydrogen) atoms. The summed E-state index contributed by atoms with van der Waals surface area (Å²) < 4.78 is 0. The second-order valence-electron chi connectivity index (χ2n) is 5.16. The van der Waals surface area contributed by atoms with Gasteiger partial charge >= 0.3 is 0 Å². The number of nitrogens with one attached hydrogen (secondary N) is 1. The lowest BCUT2D eigenvalue weighted by molar-refractivity contribution is -0.124. The van der Waals surface area contributed by atoms with Gasteiger partial charge in [0.15, 0.2) is 5.82 Å². The number of piperidine rings is 1. The number of carbonyl (C=O) groups is 1. The summed E-state index contributed by atoms with van der Waals surface area (Å²) >= 11 is 1.54. The average Bonchev–Trinajstić information content (AvgIpc) is 2.95. The maximum absolute atomic E-state index is 11.6. The van der Waals surface area contributed by atoms with E-state index in [0.29, 0.717) is 18.2 Å². The monoisotopic (exact) mass is 306 g/mol. The third kappa shape index (κ3) is 2.82. The van der Waals surface area contributed by atoms with Gasteiger partial charge < -0.3 is 11.2 Å². The first-order chi connectivity index (χ1) is 10.2. The van der Waals surface area contributed by atoms with E-state index in [1.807, 2.05) is 11.4 Å². The van der Waals surface area contributed by atoms with Crippen molar-refractivity contribution in [2.45, 2.75) is 31.8 Å². The molecule has 5 N–H and O–H groups in total. The van der Waals surface area contributed by atoms with Crippen molar-refractivity contribution in [1.82, 2.24) is 14.9 Å². The first kappa shape index (κ1) is 14.2. The number of carbonyl (C=O) groups excluding carboxylic acids is 1. The van der Waals surface area contributed by atoms with Crippen LogP contribution >= 0.6 is 11.3 Å². The first-order valence-electron chi connectivity index (χ1n) is 6.93. The van der Waals surface area contributed by atoms with E-state index in [1.165, 1.54) is 0 Å². The molecule has 1 atom stereocenters. The highest BCUT2D eigenvalue weighted by Crippen LogP contribution is 2.25. The summed E-state index contributed by atoms with van der Waals surface area (Å²) in [6.07, 6.45) is 2.90. The predicted molar refractivity (Wildman–Crippen MR) is 82.5 cm³/mol. The molecule has 2 aromatic heterocycles. The van der Waals surface area contributed by atoms with Crippen LogP contribution in [-0.2, 0) is 11.3 Å². The number of rotatable bonds is 4. The standard InChI is InChI=1S/C13H18N6OS/c14-11(20)9-3-1-2-5-19(9)7-10-16-12(18-15)8-4-6-21-13(8)17-10/h4,6,9H,1-3,5,7,15H2,(H2,14,20)(H,16,17,18). The molecule has 0 spiro atoms. The second-order valence-corrected chi connectivity index (χ2v) is 6.05. The molecule has 3 heterocycles. The highest BCUT2D eigenvalue weighted by molar-refractivity contribution is 7.16. The fraction of sp³-hybridized carbons (Fsp3) is 0.462. The number of anilines is 1.